The van der Waals surface area contributed by atoms with Crippen molar-refractivity contribution in [1.82, 2.24) is 0 Å². The standard InChI is InChI=1S/C21H15FN2O2S/c1-26-18-4-2-3-17(12-18)24-21(25)15(13-23)11-19-9-10-20(27-19)14-5-7-16(22)8-6-14/h2-12H,1H3,(H,24,25)/b15-11-. The van der Waals surface area contributed by atoms with Crippen molar-refractivity contribution >= 4 is 29.0 Å². The van der Waals surface area contributed by atoms with Crippen LogP contribution in [0.15, 0.2) is 66.2 Å². The molecule has 0 atom stereocenters. The van der Waals surface area contributed by atoms with E-state index in [1.807, 2.05) is 18.2 Å². The molecular formula is C21H15FN2O2S. The highest BCUT2D eigenvalue weighted by Gasteiger charge is 2.11. The number of benzene rings is 2. The van der Waals surface area contributed by atoms with Gasteiger partial charge in [0.25, 0.3) is 5.91 Å². The quantitative estimate of drug-likeness (QED) is 0.496. The lowest BCUT2D eigenvalue weighted by atomic mass is 10.2. The van der Waals surface area contributed by atoms with Crippen LogP contribution >= 0.6 is 11.3 Å². The lowest BCUT2D eigenvalue weighted by Crippen LogP contribution is -2.13. The van der Waals surface area contributed by atoms with Crippen LogP contribution in [0.2, 0.25) is 0 Å². The smallest absolute Gasteiger partial charge is 0.266 e. The number of ether oxygens (including phenoxy) is 1. The highest BCUT2D eigenvalue weighted by atomic mass is 32.1. The van der Waals surface area contributed by atoms with Gasteiger partial charge in [-0.15, -0.1) is 11.3 Å². The number of methoxy groups -OCH3 is 1. The van der Waals surface area contributed by atoms with Gasteiger partial charge in [-0.1, -0.05) is 18.2 Å². The van der Waals surface area contributed by atoms with Crippen molar-refractivity contribution < 1.29 is 13.9 Å². The number of rotatable bonds is 5. The molecule has 134 valence electrons. The van der Waals surface area contributed by atoms with Gasteiger partial charge in [0.1, 0.15) is 23.2 Å². The third kappa shape index (κ3) is 4.60. The number of anilines is 1. The largest absolute Gasteiger partial charge is 0.497 e. The van der Waals surface area contributed by atoms with E-state index in [2.05, 4.69) is 5.32 Å². The van der Waals surface area contributed by atoms with E-state index in [4.69, 9.17) is 4.74 Å². The summed E-state index contributed by atoms with van der Waals surface area (Å²) in [5, 5.41) is 12.0. The minimum absolute atomic E-state index is 0.00896. The third-order valence-electron chi connectivity index (χ3n) is 3.73. The highest BCUT2D eigenvalue weighted by Crippen LogP contribution is 2.29. The van der Waals surface area contributed by atoms with E-state index in [1.165, 1.54) is 36.7 Å². The molecule has 27 heavy (non-hydrogen) atoms. The third-order valence-corrected chi connectivity index (χ3v) is 4.82. The number of nitrogens with zero attached hydrogens (tertiary/aromatic N) is 1. The fraction of sp³-hybridized carbons (Fsp3) is 0.0476. The second-order valence-electron chi connectivity index (χ2n) is 5.56. The average molecular weight is 378 g/mol. The van der Waals surface area contributed by atoms with Gasteiger partial charge < -0.3 is 10.1 Å². The molecular weight excluding hydrogens is 363 g/mol. The number of halogens is 1. The van der Waals surface area contributed by atoms with Gasteiger partial charge in [0.05, 0.1) is 7.11 Å². The fourth-order valence-corrected chi connectivity index (χ4v) is 3.35. The number of nitrogens with one attached hydrogen (secondary N) is 1. The normalized spacial score (nSPS) is 10.9. The number of thiophene rings is 1. The molecule has 1 amide bonds. The molecule has 0 radical (unpaired) electrons. The number of carbonyl (C=O) groups excluding carboxylic acids is 1. The summed E-state index contributed by atoms with van der Waals surface area (Å²) >= 11 is 1.42. The molecule has 3 aromatic rings. The second-order valence-corrected chi connectivity index (χ2v) is 6.68. The Balaban J connectivity index is 1.78. The van der Waals surface area contributed by atoms with Gasteiger partial charge in [-0.3, -0.25) is 4.79 Å². The van der Waals surface area contributed by atoms with E-state index in [0.29, 0.717) is 11.4 Å². The number of hydrogen-bond acceptors (Lipinski definition) is 4. The van der Waals surface area contributed by atoms with Crippen molar-refractivity contribution in [3.8, 4) is 22.3 Å². The van der Waals surface area contributed by atoms with Gasteiger partial charge in [0, 0.05) is 21.5 Å². The van der Waals surface area contributed by atoms with Crippen LogP contribution in [-0.4, -0.2) is 13.0 Å². The Labute approximate surface area is 160 Å². The van der Waals surface area contributed by atoms with E-state index in [0.717, 1.165) is 15.3 Å². The van der Waals surface area contributed by atoms with E-state index >= 15 is 0 Å². The molecule has 1 heterocycles. The van der Waals surface area contributed by atoms with E-state index in [1.54, 1.807) is 36.4 Å². The van der Waals surface area contributed by atoms with Crippen molar-refractivity contribution in [1.29, 1.82) is 5.26 Å². The number of hydrogen-bond donors (Lipinski definition) is 1. The van der Waals surface area contributed by atoms with Crippen molar-refractivity contribution in [2.45, 2.75) is 0 Å². The Morgan fingerprint density at radius 1 is 1.19 bits per heavy atom. The van der Waals surface area contributed by atoms with Gasteiger partial charge >= 0.3 is 0 Å². The van der Waals surface area contributed by atoms with Crippen molar-refractivity contribution in [3.05, 3.63) is 76.9 Å². The summed E-state index contributed by atoms with van der Waals surface area (Å²) in [6.07, 6.45) is 1.53. The Morgan fingerprint density at radius 3 is 2.67 bits per heavy atom. The number of amides is 1. The molecule has 0 spiro atoms. The molecule has 0 aliphatic carbocycles. The second kappa shape index (κ2) is 8.30. The maximum absolute atomic E-state index is 13.0. The summed E-state index contributed by atoms with van der Waals surface area (Å²) in [7, 11) is 1.54. The summed E-state index contributed by atoms with van der Waals surface area (Å²) in [5.74, 6) is -0.184. The topological polar surface area (TPSA) is 62.1 Å². The summed E-state index contributed by atoms with van der Waals surface area (Å²) in [5.41, 5.74) is 1.41. The zero-order chi connectivity index (χ0) is 19.2. The summed E-state index contributed by atoms with van der Waals surface area (Å²) in [6, 6.07) is 18.7. The minimum Gasteiger partial charge on any atom is -0.497 e. The first-order chi connectivity index (χ1) is 13.1. The molecule has 4 nitrogen and oxygen atoms in total. The Morgan fingerprint density at radius 2 is 1.96 bits per heavy atom. The first kappa shape index (κ1) is 18.4. The Bertz CT molecular complexity index is 1030. The van der Waals surface area contributed by atoms with Crippen molar-refractivity contribution in [2.24, 2.45) is 0 Å². The molecule has 0 unspecified atom stereocenters. The molecule has 2 aromatic carbocycles. The molecule has 1 N–H and O–H groups in total. The first-order valence-corrected chi connectivity index (χ1v) is 8.83. The monoisotopic (exact) mass is 378 g/mol. The summed E-state index contributed by atoms with van der Waals surface area (Å²) in [6.45, 7) is 0. The average Bonchev–Trinajstić information content (AvgIpc) is 3.15. The molecule has 6 heteroatoms. The molecule has 0 saturated heterocycles. The van der Waals surface area contributed by atoms with E-state index in [-0.39, 0.29) is 11.4 Å². The zero-order valence-corrected chi connectivity index (χ0v) is 15.2. The first-order valence-electron chi connectivity index (χ1n) is 8.02. The van der Waals surface area contributed by atoms with Gasteiger partial charge in [-0.05, 0) is 48.0 Å². The van der Waals surface area contributed by atoms with Crippen LogP contribution in [-0.2, 0) is 4.79 Å². The highest BCUT2D eigenvalue weighted by molar-refractivity contribution is 7.16. The van der Waals surface area contributed by atoms with Gasteiger partial charge in [-0.2, -0.15) is 5.26 Å². The van der Waals surface area contributed by atoms with E-state index in [9.17, 15) is 14.4 Å². The van der Waals surface area contributed by atoms with Crippen LogP contribution in [0, 0.1) is 17.1 Å². The van der Waals surface area contributed by atoms with Crippen LogP contribution in [0.5, 0.6) is 5.75 Å². The van der Waals surface area contributed by atoms with Crippen LogP contribution in [0.4, 0.5) is 10.1 Å². The predicted octanol–water partition coefficient (Wildman–Crippen LogP) is 5.11. The molecule has 0 aliphatic rings. The van der Waals surface area contributed by atoms with Gasteiger partial charge in [-0.25, -0.2) is 4.39 Å². The molecule has 0 aliphatic heterocycles. The molecule has 1 aromatic heterocycles. The fourth-order valence-electron chi connectivity index (χ4n) is 2.39. The maximum atomic E-state index is 13.0. The SMILES string of the molecule is COc1cccc(NC(=O)/C(C#N)=C\c2ccc(-c3ccc(F)cc3)s2)c1. The molecule has 0 fully saturated rings. The lowest BCUT2D eigenvalue weighted by Gasteiger charge is -2.06. The zero-order valence-electron chi connectivity index (χ0n) is 14.4. The van der Waals surface area contributed by atoms with Crippen molar-refractivity contribution in [3.63, 3.8) is 0 Å². The van der Waals surface area contributed by atoms with Crippen LogP contribution < -0.4 is 10.1 Å². The van der Waals surface area contributed by atoms with Gasteiger partial charge in [0.2, 0.25) is 0 Å². The maximum Gasteiger partial charge on any atom is 0.266 e. The predicted molar refractivity (Wildman–Crippen MR) is 105 cm³/mol. The van der Waals surface area contributed by atoms with Crippen molar-refractivity contribution in [2.75, 3.05) is 12.4 Å². The Hall–Kier alpha value is -3.43. The van der Waals surface area contributed by atoms with E-state index < -0.39 is 5.91 Å². The summed E-state index contributed by atoms with van der Waals surface area (Å²) < 4.78 is 18.2. The number of carbonyl (C=O) groups is 1. The number of nitriles is 1. The van der Waals surface area contributed by atoms with Crippen LogP contribution in [0.1, 0.15) is 4.88 Å². The van der Waals surface area contributed by atoms with Crippen LogP contribution in [0.25, 0.3) is 16.5 Å². The molecule has 0 saturated carbocycles. The van der Waals surface area contributed by atoms with Gasteiger partial charge in [0.15, 0.2) is 0 Å². The lowest BCUT2D eigenvalue weighted by molar-refractivity contribution is -0.112. The van der Waals surface area contributed by atoms with Crippen LogP contribution in [0.3, 0.4) is 0 Å². The summed E-state index contributed by atoms with van der Waals surface area (Å²) in [4.78, 5) is 14.1. The Kier molecular flexibility index (Phi) is 5.64. The molecule has 3 rings (SSSR count). The minimum atomic E-state index is -0.498. The molecule has 0 bridgehead atoms.